The first-order chi connectivity index (χ1) is 10.7. The predicted molar refractivity (Wildman–Crippen MR) is 90.9 cm³/mol. The van der Waals surface area contributed by atoms with Crippen molar-refractivity contribution in [2.45, 2.75) is 53.4 Å². The van der Waals surface area contributed by atoms with Gasteiger partial charge in [-0.05, 0) is 37.2 Å². The van der Waals surface area contributed by atoms with Gasteiger partial charge in [0, 0.05) is 10.8 Å². The highest BCUT2D eigenvalue weighted by molar-refractivity contribution is 7.99. The first-order valence-corrected chi connectivity index (χ1v) is 8.79. The Morgan fingerprint density at radius 1 is 0.870 bits per heavy atom. The van der Waals surface area contributed by atoms with Crippen molar-refractivity contribution < 1.29 is 9.59 Å². The zero-order valence-corrected chi connectivity index (χ0v) is 15.2. The van der Waals surface area contributed by atoms with Crippen molar-refractivity contribution in [1.82, 2.24) is 10.6 Å². The van der Waals surface area contributed by atoms with Crippen LogP contribution in [-0.2, 0) is 9.59 Å². The number of carbonyl (C=O) groups excluding carboxylic acids is 2. The van der Waals surface area contributed by atoms with E-state index in [4.69, 9.17) is 10.5 Å². The van der Waals surface area contributed by atoms with Gasteiger partial charge in [0.25, 0.3) is 0 Å². The molecule has 0 unspecified atom stereocenters. The summed E-state index contributed by atoms with van der Waals surface area (Å²) in [5.41, 5.74) is -1.07. The second-order valence-electron chi connectivity index (χ2n) is 6.72. The number of hydrogen-bond donors (Lipinski definition) is 2. The highest BCUT2D eigenvalue weighted by Gasteiger charge is 2.27. The number of amides is 2. The Bertz CT molecular complexity index is 445. The largest absolute Gasteiger partial charge is 0.273 e. The van der Waals surface area contributed by atoms with Crippen LogP contribution in [0.15, 0.2) is 0 Å². The minimum atomic E-state index is -0.534. The third-order valence-electron chi connectivity index (χ3n) is 3.75. The Labute approximate surface area is 143 Å². The molecule has 0 fully saturated rings. The fourth-order valence-corrected chi connectivity index (χ4v) is 2.90. The molecule has 0 aliphatic heterocycles. The number of thioether (sulfide) groups is 1. The molecular formula is C16H26N4O2S. The van der Waals surface area contributed by atoms with Crippen LogP contribution in [0.25, 0.3) is 0 Å². The van der Waals surface area contributed by atoms with Gasteiger partial charge in [-0.3, -0.25) is 20.2 Å². The Kier molecular flexibility index (Phi) is 9.36. The van der Waals surface area contributed by atoms with E-state index >= 15 is 0 Å². The van der Waals surface area contributed by atoms with Crippen LogP contribution in [0.1, 0.15) is 53.4 Å². The Balaban J connectivity index is 3.87. The van der Waals surface area contributed by atoms with Gasteiger partial charge in [0.05, 0.1) is 0 Å². The lowest BCUT2D eigenvalue weighted by molar-refractivity contribution is -0.129. The molecule has 0 radical (unpaired) electrons. The van der Waals surface area contributed by atoms with Gasteiger partial charge in [-0.15, -0.1) is 0 Å². The van der Waals surface area contributed by atoms with E-state index in [1.165, 1.54) is 0 Å². The van der Waals surface area contributed by atoms with Crippen molar-refractivity contribution in [3.63, 3.8) is 0 Å². The topological polar surface area (TPSA) is 106 Å². The molecule has 0 aliphatic carbocycles. The number of hydrogen-bond acceptors (Lipinski definition) is 5. The molecule has 0 aromatic rings. The van der Waals surface area contributed by atoms with Crippen LogP contribution in [0.2, 0.25) is 0 Å². The summed E-state index contributed by atoms with van der Waals surface area (Å²) in [4.78, 5) is 23.3. The maximum Gasteiger partial charge on any atom is 0.238 e. The lowest BCUT2D eigenvalue weighted by Crippen LogP contribution is -2.34. The monoisotopic (exact) mass is 338 g/mol. The van der Waals surface area contributed by atoms with Crippen molar-refractivity contribution in [3.05, 3.63) is 0 Å². The number of carbonyl (C=O) groups is 2. The Hall–Kier alpha value is -1.73. The third-order valence-corrected chi connectivity index (χ3v) is 4.90. The van der Waals surface area contributed by atoms with Gasteiger partial charge in [-0.1, -0.05) is 27.7 Å². The lowest BCUT2D eigenvalue weighted by Gasteiger charge is -2.22. The van der Waals surface area contributed by atoms with Gasteiger partial charge in [0.1, 0.15) is 0 Å². The van der Waals surface area contributed by atoms with Crippen LogP contribution < -0.4 is 10.6 Å². The second kappa shape index (κ2) is 10.1. The summed E-state index contributed by atoms with van der Waals surface area (Å²) < 4.78 is 0. The summed E-state index contributed by atoms with van der Waals surface area (Å²) in [5.74, 6) is 1.40. The van der Waals surface area contributed by atoms with Gasteiger partial charge in [0.2, 0.25) is 11.8 Å². The molecule has 2 amide bonds. The van der Waals surface area contributed by atoms with Crippen LogP contribution in [-0.4, -0.2) is 23.3 Å². The Morgan fingerprint density at radius 3 is 1.52 bits per heavy atom. The van der Waals surface area contributed by atoms with Crippen LogP contribution in [0, 0.1) is 33.7 Å². The molecule has 0 spiro atoms. The first-order valence-electron chi connectivity index (χ1n) is 7.64. The average Bonchev–Trinajstić information content (AvgIpc) is 2.46. The molecule has 0 rings (SSSR count). The summed E-state index contributed by atoms with van der Waals surface area (Å²) in [5, 5.41) is 21.3. The van der Waals surface area contributed by atoms with Crippen LogP contribution in [0.3, 0.4) is 0 Å². The van der Waals surface area contributed by atoms with E-state index in [1.807, 2.05) is 27.7 Å². The molecule has 6 nitrogen and oxygen atoms in total. The second-order valence-corrected chi connectivity index (χ2v) is 7.94. The van der Waals surface area contributed by atoms with Gasteiger partial charge < -0.3 is 0 Å². The highest BCUT2D eigenvalue weighted by atomic mass is 32.2. The van der Waals surface area contributed by atoms with Crippen LogP contribution in [0.4, 0.5) is 0 Å². The van der Waals surface area contributed by atoms with Crippen molar-refractivity contribution >= 4 is 23.6 Å². The van der Waals surface area contributed by atoms with Gasteiger partial charge >= 0.3 is 0 Å². The quantitative estimate of drug-likeness (QED) is 0.362. The normalized spacial score (nSPS) is 11.2. The molecular weight excluding hydrogens is 312 g/mol. The molecule has 0 aliphatic rings. The van der Waals surface area contributed by atoms with Crippen molar-refractivity contribution in [2.24, 2.45) is 10.8 Å². The van der Waals surface area contributed by atoms with Crippen LogP contribution >= 0.6 is 11.8 Å². The van der Waals surface area contributed by atoms with E-state index < -0.39 is 10.8 Å². The van der Waals surface area contributed by atoms with E-state index in [0.717, 1.165) is 37.2 Å². The van der Waals surface area contributed by atoms with Gasteiger partial charge in [-0.2, -0.15) is 22.3 Å². The molecule has 0 heterocycles. The van der Waals surface area contributed by atoms with E-state index in [-0.39, 0.29) is 11.8 Å². The van der Waals surface area contributed by atoms with E-state index in [2.05, 4.69) is 10.6 Å². The van der Waals surface area contributed by atoms with E-state index in [0.29, 0.717) is 0 Å². The van der Waals surface area contributed by atoms with Crippen molar-refractivity contribution in [2.75, 3.05) is 11.5 Å². The third kappa shape index (κ3) is 8.47. The molecule has 0 aromatic heterocycles. The fraction of sp³-hybridized carbons (Fsp3) is 0.750. The molecule has 0 aromatic carbocycles. The van der Waals surface area contributed by atoms with E-state index in [9.17, 15) is 9.59 Å². The molecule has 2 N–H and O–H groups in total. The van der Waals surface area contributed by atoms with E-state index in [1.54, 1.807) is 24.1 Å². The maximum atomic E-state index is 11.7. The molecule has 0 saturated heterocycles. The summed E-state index contributed by atoms with van der Waals surface area (Å²) in [6.07, 6.45) is 6.58. The number of nitrogens with one attached hydrogen (secondary N) is 2. The molecule has 0 atom stereocenters. The maximum absolute atomic E-state index is 11.7. The smallest absolute Gasteiger partial charge is 0.238 e. The van der Waals surface area contributed by atoms with Crippen molar-refractivity contribution in [1.29, 1.82) is 10.5 Å². The standard InChI is InChI=1S/C16H26N4O2S/c1-15(2,13(21)19-11-17)7-5-9-23-10-6-8-16(3,4)14(22)20-12-18/h5-10H2,1-4H3,(H,19,21)(H,20,22). The number of rotatable bonds is 10. The lowest BCUT2D eigenvalue weighted by atomic mass is 9.87. The van der Waals surface area contributed by atoms with Crippen molar-refractivity contribution in [3.8, 4) is 12.4 Å². The van der Waals surface area contributed by atoms with Gasteiger partial charge in [0.15, 0.2) is 12.4 Å². The first kappa shape index (κ1) is 21.3. The highest BCUT2D eigenvalue weighted by Crippen LogP contribution is 2.26. The molecule has 7 heteroatoms. The Morgan fingerprint density at radius 2 is 1.22 bits per heavy atom. The molecule has 23 heavy (non-hydrogen) atoms. The fourth-order valence-electron chi connectivity index (χ4n) is 2.00. The summed E-state index contributed by atoms with van der Waals surface area (Å²) in [6, 6.07) is 0. The zero-order valence-electron chi connectivity index (χ0n) is 14.4. The number of nitrogens with zero attached hydrogens (tertiary/aromatic N) is 2. The average molecular weight is 338 g/mol. The molecule has 128 valence electrons. The summed E-state index contributed by atoms with van der Waals surface area (Å²) >= 11 is 1.79. The zero-order chi connectivity index (χ0) is 17.9. The number of nitriles is 2. The minimum Gasteiger partial charge on any atom is -0.273 e. The van der Waals surface area contributed by atoms with Gasteiger partial charge in [-0.25, -0.2) is 0 Å². The summed E-state index contributed by atoms with van der Waals surface area (Å²) in [6.45, 7) is 7.34. The molecule has 0 bridgehead atoms. The SMILES string of the molecule is CC(C)(CCCSCCCC(C)(C)C(=O)NC#N)C(=O)NC#N. The van der Waals surface area contributed by atoms with Crippen LogP contribution in [0.5, 0.6) is 0 Å². The minimum absolute atomic E-state index is 0.241. The predicted octanol–water partition coefficient (Wildman–Crippen LogP) is 2.53. The molecule has 0 saturated carbocycles. The summed E-state index contributed by atoms with van der Waals surface area (Å²) in [7, 11) is 0.